The maximum atomic E-state index is 12.8. The highest BCUT2D eigenvalue weighted by atomic mass is 32.2. The van der Waals surface area contributed by atoms with Crippen LogP contribution in [0.4, 0.5) is 0 Å². The zero-order chi connectivity index (χ0) is 20.8. The monoisotopic (exact) mass is 414 g/mol. The van der Waals surface area contributed by atoms with Crippen LogP contribution in [0.5, 0.6) is 0 Å². The number of aryl methyl sites for hydroxylation is 1. The molecule has 0 spiro atoms. The predicted molar refractivity (Wildman–Crippen MR) is 116 cm³/mol. The summed E-state index contributed by atoms with van der Waals surface area (Å²) in [6, 6.07) is 7.92. The second kappa shape index (κ2) is 9.96. The average Bonchev–Trinajstić information content (AvgIpc) is 3.11. The molecular formula is C22H30N4O2S. The van der Waals surface area contributed by atoms with Gasteiger partial charge in [-0.25, -0.2) is 4.98 Å². The molecule has 1 heterocycles. The highest BCUT2D eigenvalue weighted by molar-refractivity contribution is 7.98. The van der Waals surface area contributed by atoms with Crippen molar-refractivity contribution in [2.45, 2.75) is 62.5 Å². The van der Waals surface area contributed by atoms with E-state index in [2.05, 4.69) is 15.6 Å². The van der Waals surface area contributed by atoms with Crippen molar-refractivity contribution < 1.29 is 9.59 Å². The number of thioether (sulfide) groups is 1. The fourth-order valence-electron chi connectivity index (χ4n) is 3.67. The number of hydrogen-bond acceptors (Lipinski definition) is 4. The topological polar surface area (TPSA) is 76.0 Å². The minimum atomic E-state index is -0.0660. The van der Waals surface area contributed by atoms with Crippen LogP contribution < -0.4 is 10.6 Å². The molecule has 2 amide bonds. The summed E-state index contributed by atoms with van der Waals surface area (Å²) in [5.41, 5.74) is 1.75. The van der Waals surface area contributed by atoms with Crippen LogP contribution >= 0.6 is 11.8 Å². The van der Waals surface area contributed by atoms with Crippen LogP contribution in [0.1, 0.15) is 55.5 Å². The van der Waals surface area contributed by atoms with Crippen LogP contribution in [-0.2, 0) is 17.6 Å². The second-order valence-corrected chi connectivity index (χ2v) is 8.95. The Morgan fingerprint density at radius 1 is 1.31 bits per heavy atom. The molecule has 29 heavy (non-hydrogen) atoms. The van der Waals surface area contributed by atoms with Gasteiger partial charge in [-0.1, -0.05) is 30.3 Å². The molecule has 2 aromatic rings. The number of nitrogens with one attached hydrogen (secondary N) is 2. The highest BCUT2D eigenvalue weighted by Gasteiger charge is 2.28. The minimum absolute atomic E-state index is 0.0167. The Kier molecular flexibility index (Phi) is 7.36. The molecule has 0 aliphatic heterocycles. The molecule has 1 aliphatic carbocycles. The number of carbonyl (C=O) groups excluding carboxylic acids is 2. The lowest BCUT2D eigenvalue weighted by Crippen LogP contribution is -2.43. The molecule has 0 saturated heterocycles. The molecule has 1 saturated carbocycles. The molecule has 2 atom stereocenters. The third-order valence-corrected chi connectivity index (χ3v) is 6.27. The summed E-state index contributed by atoms with van der Waals surface area (Å²) >= 11 is 1.65. The Bertz CT molecular complexity index is 849. The van der Waals surface area contributed by atoms with Crippen LogP contribution in [0, 0.1) is 5.92 Å². The molecule has 7 heteroatoms. The molecule has 0 radical (unpaired) electrons. The lowest BCUT2D eigenvalue weighted by molar-refractivity contribution is -0.126. The van der Waals surface area contributed by atoms with Gasteiger partial charge in [0, 0.05) is 48.8 Å². The number of hydrogen-bond donors (Lipinski definition) is 2. The first-order valence-electron chi connectivity index (χ1n) is 10.2. The third kappa shape index (κ3) is 6.10. The molecule has 1 aromatic heterocycles. The molecule has 2 unspecified atom stereocenters. The van der Waals surface area contributed by atoms with Gasteiger partial charge in [0.2, 0.25) is 5.91 Å². The fourth-order valence-corrected chi connectivity index (χ4v) is 4.55. The number of imidazole rings is 1. The Balaban J connectivity index is 1.56. The van der Waals surface area contributed by atoms with Crippen LogP contribution in [0.2, 0.25) is 0 Å². The van der Waals surface area contributed by atoms with Gasteiger partial charge in [0.05, 0.1) is 0 Å². The van der Waals surface area contributed by atoms with Crippen molar-refractivity contribution in [3.8, 4) is 0 Å². The van der Waals surface area contributed by atoms with E-state index in [9.17, 15) is 9.59 Å². The first-order valence-corrected chi connectivity index (χ1v) is 11.2. The number of aromatic nitrogens is 2. The quantitative estimate of drug-likeness (QED) is 0.680. The van der Waals surface area contributed by atoms with E-state index in [4.69, 9.17) is 0 Å². The van der Waals surface area contributed by atoms with E-state index in [0.29, 0.717) is 12.0 Å². The number of benzene rings is 1. The van der Waals surface area contributed by atoms with Crippen molar-refractivity contribution in [3.63, 3.8) is 0 Å². The van der Waals surface area contributed by atoms with Gasteiger partial charge in [0.15, 0.2) is 5.16 Å². The molecule has 1 aliphatic rings. The Hall–Kier alpha value is -2.28. The largest absolute Gasteiger partial charge is 0.354 e. The summed E-state index contributed by atoms with van der Waals surface area (Å²) in [7, 11) is 1.97. The van der Waals surface area contributed by atoms with Gasteiger partial charge >= 0.3 is 0 Å². The van der Waals surface area contributed by atoms with Gasteiger partial charge in [0.25, 0.3) is 5.91 Å². The molecule has 0 bridgehead atoms. The van der Waals surface area contributed by atoms with Gasteiger partial charge < -0.3 is 15.2 Å². The molecule has 1 fully saturated rings. The zero-order valence-corrected chi connectivity index (χ0v) is 18.2. The Morgan fingerprint density at radius 3 is 2.86 bits per heavy atom. The van der Waals surface area contributed by atoms with Gasteiger partial charge in [-0.15, -0.1) is 0 Å². The maximum absolute atomic E-state index is 12.8. The molecule has 6 nitrogen and oxygen atoms in total. The van der Waals surface area contributed by atoms with Gasteiger partial charge in [-0.05, 0) is 50.8 Å². The fraction of sp³-hybridized carbons (Fsp3) is 0.500. The minimum Gasteiger partial charge on any atom is -0.354 e. The second-order valence-electron chi connectivity index (χ2n) is 8.01. The van der Waals surface area contributed by atoms with Gasteiger partial charge in [0.1, 0.15) is 0 Å². The summed E-state index contributed by atoms with van der Waals surface area (Å²) in [4.78, 5) is 29.4. The van der Waals surface area contributed by atoms with Crippen LogP contribution in [0.15, 0.2) is 41.8 Å². The van der Waals surface area contributed by atoms with E-state index >= 15 is 0 Å². The van der Waals surface area contributed by atoms with Crippen LogP contribution in [-0.4, -0.2) is 33.4 Å². The normalized spacial score (nSPS) is 19.2. The van der Waals surface area contributed by atoms with Crippen LogP contribution in [0.3, 0.4) is 0 Å². The van der Waals surface area contributed by atoms with Crippen molar-refractivity contribution in [1.82, 2.24) is 20.2 Å². The number of carbonyl (C=O) groups is 2. The average molecular weight is 415 g/mol. The summed E-state index contributed by atoms with van der Waals surface area (Å²) in [6.07, 6.45) is 7.19. The van der Waals surface area contributed by atoms with E-state index in [0.717, 1.165) is 35.7 Å². The Labute approximate surface area is 176 Å². The third-order valence-electron chi connectivity index (χ3n) is 5.15. The highest BCUT2D eigenvalue weighted by Crippen LogP contribution is 2.25. The first kappa shape index (κ1) is 21.4. The summed E-state index contributed by atoms with van der Waals surface area (Å²) in [5.74, 6) is 0.778. The van der Waals surface area contributed by atoms with Gasteiger partial charge in [-0.3, -0.25) is 9.59 Å². The first-order chi connectivity index (χ1) is 13.9. The number of rotatable bonds is 7. The lowest BCUT2D eigenvalue weighted by Gasteiger charge is -2.29. The van der Waals surface area contributed by atoms with Crippen molar-refractivity contribution >= 4 is 23.6 Å². The zero-order valence-electron chi connectivity index (χ0n) is 17.4. The maximum Gasteiger partial charge on any atom is 0.251 e. The molecular weight excluding hydrogens is 384 g/mol. The van der Waals surface area contributed by atoms with E-state index < -0.39 is 0 Å². The molecule has 1 aromatic carbocycles. The molecule has 3 rings (SSSR count). The van der Waals surface area contributed by atoms with E-state index in [1.807, 2.05) is 55.9 Å². The number of nitrogens with zero attached hydrogens (tertiary/aromatic N) is 2. The SMILES string of the molecule is CC(C)NC(=O)C1CCCC(NC(=O)c2cccc(CSc3nccn3C)c2)C1. The number of amides is 2. The summed E-state index contributed by atoms with van der Waals surface area (Å²) < 4.78 is 1.98. The van der Waals surface area contributed by atoms with Crippen molar-refractivity contribution in [2.24, 2.45) is 13.0 Å². The van der Waals surface area contributed by atoms with Crippen molar-refractivity contribution in [2.75, 3.05) is 0 Å². The van der Waals surface area contributed by atoms with Crippen LogP contribution in [0.25, 0.3) is 0 Å². The molecule has 2 N–H and O–H groups in total. The van der Waals surface area contributed by atoms with Gasteiger partial charge in [-0.2, -0.15) is 0 Å². The Morgan fingerprint density at radius 2 is 2.14 bits per heavy atom. The summed E-state index contributed by atoms with van der Waals surface area (Å²) in [6.45, 7) is 3.94. The molecule has 156 valence electrons. The lowest BCUT2D eigenvalue weighted by atomic mass is 9.85. The standard InChI is InChI=1S/C22H30N4O2S/c1-15(2)24-20(27)18-8-5-9-19(13-18)25-21(28)17-7-4-6-16(12-17)14-29-22-23-10-11-26(22)3/h4,6-7,10-12,15,18-19H,5,8-9,13-14H2,1-3H3,(H,24,27)(H,25,28). The van der Waals surface area contributed by atoms with Crippen molar-refractivity contribution in [1.29, 1.82) is 0 Å². The van der Waals surface area contributed by atoms with E-state index in [-0.39, 0.29) is 29.8 Å². The van der Waals surface area contributed by atoms with Crippen molar-refractivity contribution in [3.05, 3.63) is 47.8 Å². The van der Waals surface area contributed by atoms with E-state index in [1.165, 1.54) is 0 Å². The van der Waals surface area contributed by atoms with E-state index in [1.54, 1.807) is 18.0 Å². The summed E-state index contributed by atoms with van der Waals surface area (Å²) in [5, 5.41) is 7.08. The predicted octanol–water partition coefficient (Wildman–Crippen LogP) is 3.53. The smallest absolute Gasteiger partial charge is 0.251 e.